The summed E-state index contributed by atoms with van der Waals surface area (Å²) in [5, 5.41) is 2.04. The van der Waals surface area contributed by atoms with Gasteiger partial charge in [-0.1, -0.05) is 0 Å². The average molecular weight is 183 g/mol. The Balaban J connectivity index is 1.78. The zero-order chi connectivity index (χ0) is 8.89. The number of fused-ring (bicyclic) bond motifs is 1. The van der Waals surface area contributed by atoms with Gasteiger partial charge in [-0.05, 0) is 12.8 Å². The quantitative estimate of drug-likeness (QED) is 0.512. The van der Waals surface area contributed by atoms with E-state index in [1.54, 1.807) is 0 Å². The number of nitrogens with zero attached hydrogens (tertiary/aromatic N) is 1. The van der Waals surface area contributed by atoms with E-state index < -0.39 is 0 Å². The van der Waals surface area contributed by atoms with Crippen LogP contribution in [0.4, 0.5) is 0 Å². The Hall–Kier alpha value is -0.610. The number of ether oxygens (including phenoxy) is 1. The van der Waals surface area contributed by atoms with Crippen LogP contribution in [0.15, 0.2) is 0 Å². The standard InChI is InChI=1S/C9H13NO3/c11-8-5-9(6-12-8)4-7-2-1-3-10(7)13-9/h7H,1-6H2/t7-,9-/m1/s1. The molecule has 0 aliphatic carbocycles. The largest absolute Gasteiger partial charge is 0.462 e. The number of carbonyl (C=O) groups excluding carboxylic acids is 1. The van der Waals surface area contributed by atoms with Gasteiger partial charge in [-0.25, -0.2) is 0 Å². The molecule has 3 fully saturated rings. The third-order valence-corrected chi connectivity index (χ3v) is 3.20. The first kappa shape index (κ1) is 7.76. The van der Waals surface area contributed by atoms with Crippen molar-refractivity contribution in [2.24, 2.45) is 0 Å². The molecule has 13 heavy (non-hydrogen) atoms. The predicted octanol–water partition coefficient (Wildman–Crippen LogP) is 0.472. The highest BCUT2D eigenvalue weighted by Gasteiger charge is 2.52. The SMILES string of the molecule is O=C1C[C@@]2(CO1)C[C@H]1CCCN1O2. The molecule has 4 heteroatoms. The molecule has 1 spiro atoms. The van der Waals surface area contributed by atoms with E-state index >= 15 is 0 Å². The van der Waals surface area contributed by atoms with Gasteiger partial charge in [-0.2, -0.15) is 5.06 Å². The second-order valence-corrected chi connectivity index (χ2v) is 4.25. The summed E-state index contributed by atoms with van der Waals surface area (Å²) >= 11 is 0. The summed E-state index contributed by atoms with van der Waals surface area (Å²) in [6, 6.07) is 0.537. The van der Waals surface area contributed by atoms with Crippen molar-refractivity contribution in [3.05, 3.63) is 0 Å². The number of hydrogen-bond acceptors (Lipinski definition) is 4. The van der Waals surface area contributed by atoms with Crippen LogP contribution in [0.3, 0.4) is 0 Å². The van der Waals surface area contributed by atoms with E-state index in [-0.39, 0.29) is 11.6 Å². The summed E-state index contributed by atoms with van der Waals surface area (Å²) in [4.78, 5) is 16.8. The van der Waals surface area contributed by atoms with Crippen LogP contribution in [0, 0.1) is 0 Å². The molecule has 0 unspecified atom stereocenters. The summed E-state index contributed by atoms with van der Waals surface area (Å²) in [6.07, 6.45) is 3.84. The van der Waals surface area contributed by atoms with Gasteiger partial charge in [-0.15, -0.1) is 0 Å². The van der Waals surface area contributed by atoms with Gasteiger partial charge < -0.3 is 4.74 Å². The second kappa shape index (κ2) is 2.45. The lowest BCUT2D eigenvalue weighted by Gasteiger charge is -2.19. The highest BCUT2D eigenvalue weighted by Crippen LogP contribution is 2.41. The Kier molecular flexibility index (Phi) is 1.46. The first-order valence-corrected chi connectivity index (χ1v) is 4.89. The number of hydroxylamine groups is 2. The van der Waals surface area contributed by atoms with E-state index in [0.717, 1.165) is 13.0 Å². The van der Waals surface area contributed by atoms with Crippen LogP contribution in [0.2, 0.25) is 0 Å². The molecule has 3 rings (SSSR count). The van der Waals surface area contributed by atoms with Crippen molar-refractivity contribution < 1.29 is 14.4 Å². The van der Waals surface area contributed by atoms with Crippen LogP contribution in [-0.4, -0.2) is 35.8 Å². The van der Waals surface area contributed by atoms with Crippen molar-refractivity contribution in [2.75, 3.05) is 13.2 Å². The number of hydrogen-bond donors (Lipinski definition) is 0. The smallest absolute Gasteiger partial charge is 0.309 e. The van der Waals surface area contributed by atoms with E-state index in [4.69, 9.17) is 9.57 Å². The van der Waals surface area contributed by atoms with Gasteiger partial charge in [0.1, 0.15) is 12.2 Å². The van der Waals surface area contributed by atoms with Crippen LogP contribution in [0.5, 0.6) is 0 Å². The highest BCUT2D eigenvalue weighted by molar-refractivity contribution is 5.73. The monoisotopic (exact) mass is 183 g/mol. The molecule has 0 bridgehead atoms. The van der Waals surface area contributed by atoms with Crippen molar-refractivity contribution in [3.63, 3.8) is 0 Å². The molecule has 3 heterocycles. The van der Waals surface area contributed by atoms with Crippen LogP contribution < -0.4 is 0 Å². The molecule has 72 valence electrons. The average Bonchev–Trinajstić information content (AvgIpc) is 2.67. The molecule has 2 atom stereocenters. The molecular formula is C9H13NO3. The molecule has 0 aromatic rings. The van der Waals surface area contributed by atoms with Crippen LogP contribution in [-0.2, 0) is 14.4 Å². The summed E-state index contributed by atoms with van der Waals surface area (Å²) < 4.78 is 4.97. The third kappa shape index (κ3) is 1.09. The van der Waals surface area contributed by atoms with E-state index in [2.05, 4.69) is 0 Å². The number of rotatable bonds is 0. The highest BCUT2D eigenvalue weighted by atomic mass is 16.7. The van der Waals surface area contributed by atoms with Crippen molar-refractivity contribution in [3.8, 4) is 0 Å². The Morgan fingerprint density at radius 1 is 1.54 bits per heavy atom. The molecule has 4 nitrogen and oxygen atoms in total. The Labute approximate surface area is 76.7 Å². The topological polar surface area (TPSA) is 38.8 Å². The lowest BCUT2D eigenvalue weighted by molar-refractivity contribution is -0.192. The van der Waals surface area contributed by atoms with Gasteiger partial charge >= 0.3 is 5.97 Å². The van der Waals surface area contributed by atoms with Gasteiger partial charge in [-0.3, -0.25) is 9.63 Å². The van der Waals surface area contributed by atoms with Gasteiger partial charge in [0.2, 0.25) is 0 Å². The molecule has 0 aromatic carbocycles. The van der Waals surface area contributed by atoms with Gasteiger partial charge in [0.15, 0.2) is 0 Å². The molecular weight excluding hydrogens is 170 g/mol. The van der Waals surface area contributed by atoms with Crippen molar-refractivity contribution in [2.45, 2.75) is 37.3 Å². The van der Waals surface area contributed by atoms with Crippen molar-refractivity contribution >= 4 is 5.97 Å². The maximum Gasteiger partial charge on any atom is 0.309 e. The maximum atomic E-state index is 11.0. The second-order valence-electron chi connectivity index (χ2n) is 4.25. The fraction of sp³-hybridized carbons (Fsp3) is 0.889. The molecule has 0 amide bonds. The van der Waals surface area contributed by atoms with Crippen molar-refractivity contribution in [1.82, 2.24) is 5.06 Å². The van der Waals surface area contributed by atoms with Crippen LogP contribution >= 0.6 is 0 Å². The molecule has 0 aromatic heterocycles. The zero-order valence-corrected chi connectivity index (χ0v) is 7.49. The van der Waals surface area contributed by atoms with Gasteiger partial charge in [0.05, 0.1) is 6.42 Å². The number of esters is 1. The number of cyclic esters (lactones) is 1. The third-order valence-electron chi connectivity index (χ3n) is 3.20. The minimum atomic E-state index is -0.290. The molecule has 3 saturated heterocycles. The van der Waals surface area contributed by atoms with E-state index in [9.17, 15) is 4.79 Å². The number of carbonyl (C=O) groups is 1. The Morgan fingerprint density at radius 2 is 2.46 bits per heavy atom. The summed E-state index contributed by atoms with van der Waals surface area (Å²) in [5.41, 5.74) is -0.290. The van der Waals surface area contributed by atoms with Crippen molar-refractivity contribution in [1.29, 1.82) is 0 Å². The summed E-state index contributed by atoms with van der Waals surface area (Å²) in [5.74, 6) is -0.110. The minimum absolute atomic E-state index is 0.110. The predicted molar refractivity (Wildman–Crippen MR) is 43.7 cm³/mol. The lowest BCUT2D eigenvalue weighted by Crippen LogP contribution is -2.31. The fourth-order valence-electron chi connectivity index (χ4n) is 2.62. The fourth-order valence-corrected chi connectivity index (χ4v) is 2.62. The normalized spacial score (nSPS) is 44.3. The molecule has 0 N–H and O–H groups in total. The summed E-state index contributed by atoms with van der Waals surface area (Å²) in [7, 11) is 0. The van der Waals surface area contributed by atoms with Crippen LogP contribution in [0.1, 0.15) is 25.7 Å². The first-order valence-electron chi connectivity index (χ1n) is 4.89. The van der Waals surface area contributed by atoms with Gasteiger partial charge in [0.25, 0.3) is 0 Å². The van der Waals surface area contributed by atoms with E-state index in [1.165, 1.54) is 12.8 Å². The van der Waals surface area contributed by atoms with E-state index in [0.29, 0.717) is 19.1 Å². The summed E-state index contributed by atoms with van der Waals surface area (Å²) in [6.45, 7) is 1.47. The Bertz CT molecular complexity index is 241. The molecule has 0 saturated carbocycles. The van der Waals surface area contributed by atoms with E-state index in [1.807, 2.05) is 5.06 Å². The van der Waals surface area contributed by atoms with Gasteiger partial charge in [0, 0.05) is 19.0 Å². The maximum absolute atomic E-state index is 11.0. The molecule has 3 aliphatic heterocycles. The first-order chi connectivity index (χ1) is 6.27. The molecule has 3 aliphatic rings. The lowest BCUT2D eigenvalue weighted by atomic mass is 9.94. The zero-order valence-electron chi connectivity index (χ0n) is 7.49. The molecule has 0 radical (unpaired) electrons. The Morgan fingerprint density at radius 3 is 3.15 bits per heavy atom. The van der Waals surface area contributed by atoms with Crippen LogP contribution in [0.25, 0.3) is 0 Å². The minimum Gasteiger partial charge on any atom is -0.462 e.